The topological polar surface area (TPSA) is 73.1 Å². The molecular formula is C14H12N4O. The molecule has 2 heterocycles. The second-order valence-electron chi connectivity index (χ2n) is 3.97. The van der Waals surface area contributed by atoms with Crippen LogP contribution in [0, 0.1) is 0 Å². The highest BCUT2D eigenvalue weighted by Gasteiger charge is 2.02. The summed E-state index contributed by atoms with van der Waals surface area (Å²) in [6.07, 6.45) is 1.75. The van der Waals surface area contributed by atoms with E-state index >= 15 is 0 Å². The molecular weight excluding hydrogens is 240 g/mol. The second-order valence-corrected chi connectivity index (χ2v) is 3.97. The number of hydrogen-bond acceptors (Lipinski definition) is 5. The van der Waals surface area contributed by atoms with Gasteiger partial charge in [-0.25, -0.2) is 5.84 Å². The van der Waals surface area contributed by atoms with Crippen molar-refractivity contribution in [1.29, 1.82) is 0 Å². The number of benzene rings is 1. The van der Waals surface area contributed by atoms with E-state index < -0.39 is 0 Å². The number of nitrogen functional groups attached to an aromatic ring is 1. The number of hydrazine groups is 1. The van der Waals surface area contributed by atoms with Crippen molar-refractivity contribution in [2.45, 2.75) is 0 Å². The highest BCUT2D eigenvalue weighted by atomic mass is 16.5. The molecule has 5 nitrogen and oxygen atoms in total. The molecule has 94 valence electrons. The Labute approximate surface area is 110 Å². The fraction of sp³-hybridized carbons (Fsp3) is 0. The van der Waals surface area contributed by atoms with Crippen LogP contribution in [0.1, 0.15) is 0 Å². The van der Waals surface area contributed by atoms with Crippen LogP contribution < -0.4 is 16.0 Å². The minimum atomic E-state index is 0.478. The summed E-state index contributed by atoms with van der Waals surface area (Å²) >= 11 is 0. The lowest BCUT2D eigenvalue weighted by molar-refractivity contribution is 0.464. The van der Waals surface area contributed by atoms with Crippen LogP contribution in [-0.4, -0.2) is 9.97 Å². The fourth-order valence-corrected chi connectivity index (χ4v) is 1.78. The average molecular weight is 252 g/mol. The van der Waals surface area contributed by atoms with Crippen LogP contribution in [0.2, 0.25) is 0 Å². The van der Waals surface area contributed by atoms with Gasteiger partial charge >= 0.3 is 0 Å². The molecule has 0 atom stereocenters. The van der Waals surface area contributed by atoms with Crippen molar-refractivity contribution in [2.24, 2.45) is 5.84 Å². The van der Waals surface area contributed by atoms with E-state index in [-0.39, 0.29) is 0 Å². The van der Waals surface area contributed by atoms with Gasteiger partial charge < -0.3 is 10.2 Å². The van der Waals surface area contributed by atoms with Crippen molar-refractivity contribution in [3.8, 4) is 11.6 Å². The summed E-state index contributed by atoms with van der Waals surface area (Å²) in [5, 5.41) is 1.07. The third kappa shape index (κ3) is 2.46. The van der Waals surface area contributed by atoms with E-state index in [9.17, 15) is 0 Å². The van der Waals surface area contributed by atoms with Gasteiger partial charge in [-0.2, -0.15) is 4.98 Å². The third-order valence-corrected chi connectivity index (χ3v) is 2.67. The number of hydrogen-bond donors (Lipinski definition) is 2. The van der Waals surface area contributed by atoms with Crippen LogP contribution in [0.3, 0.4) is 0 Å². The molecule has 1 aromatic carbocycles. The molecule has 2 aromatic heterocycles. The van der Waals surface area contributed by atoms with E-state index in [1.807, 2.05) is 36.4 Å². The molecule has 0 saturated carbocycles. The van der Waals surface area contributed by atoms with Gasteiger partial charge in [-0.1, -0.05) is 12.1 Å². The standard InChI is InChI=1S/C14H12N4O/c15-18-13-4-1-5-14(17-13)19-11-7-6-10-3-2-8-16-12(10)9-11/h1-9H,15H2,(H,17,18). The Morgan fingerprint density at radius 2 is 2.00 bits per heavy atom. The van der Waals surface area contributed by atoms with E-state index in [0.29, 0.717) is 17.4 Å². The van der Waals surface area contributed by atoms with Crippen LogP contribution in [0.15, 0.2) is 54.7 Å². The number of nitrogens with one attached hydrogen (secondary N) is 1. The Morgan fingerprint density at radius 1 is 1.05 bits per heavy atom. The average Bonchev–Trinajstić information content (AvgIpc) is 2.47. The largest absolute Gasteiger partial charge is 0.439 e. The predicted octanol–water partition coefficient (Wildman–Crippen LogP) is 2.71. The van der Waals surface area contributed by atoms with Crippen LogP contribution in [0.4, 0.5) is 5.82 Å². The molecule has 3 N–H and O–H groups in total. The van der Waals surface area contributed by atoms with Crippen molar-refractivity contribution in [2.75, 3.05) is 5.43 Å². The van der Waals surface area contributed by atoms with E-state index in [1.165, 1.54) is 0 Å². The monoisotopic (exact) mass is 252 g/mol. The molecule has 0 saturated heterocycles. The van der Waals surface area contributed by atoms with E-state index in [1.54, 1.807) is 18.3 Å². The highest BCUT2D eigenvalue weighted by molar-refractivity contribution is 5.79. The van der Waals surface area contributed by atoms with Gasteiger partial charge in [-0.15, -0.1) is 0 Å². The molecule has 0 aliphatic heterocycles. The molecule has 0 aliphatic carbocycles. The maximum atomic E-state index is 5.68. The predicted molar refractivity (Wildman–Crippen MR) is 73.9 cm³/mol. The zero-order valence-electron chi connectivity index (χ0n) is 10.1. The van der Waals surface area contributed by atoms with Gasteiger partial charge in [0.25, 0.3) is 0 Å². The first-order valence-corrected chi connectivity index (χ1v) is 5.81. The summed E-state index contributed by atoms with van der Waals surface area (Å²) in [4.78, 5) is 8.47. The maximum Gasteiger partial charge on any atom is 0.221 e. The lowest BCUT2D eigenvalue weighted by atomic mass is 10.2. The van der Waals surface area contributed by atoms with Gasteiger partial charge in [0.2, 0.25) is 5.88 Å². The van der Waals surface area contributed by atoms with E-state index in [2.05, 4.69) is 15.4 Å². The summed E-state index contributed by atoms with van der Waals surface area (Å²) < 4.78 is 5.68. The third-order valence-electron chi connectivity index (χ3n) is 2.67. The number of aromatic nitrogens is 2. The molecule has 0 amide bonds. The van der Waals surface area contributed by atoms with Gasteiger partial charge in [0.1, 0.15) is 11.6 Å². The number of fused-ring (bicyclic) bond motifs is 1. The minimum absolute atomic E-state index is 0.478. The van der Waals surface area contributed by atoms with Crippen LogP contribution in [0.25, 0.3) is 10.9 Å². The number of pyridine rings is 2. The summed E-state index contributed by atoms with van der Waals surface area (Å²) in [5.41, 5.74) is 3.36. The molecule has 0 bridgehead atoms. The van der Waals surface area contributed by atoms with Crippen LogP contribution >= 0.6 is 0 Å². The molecule has 0 radical (unpaired) electrons. The molecule has 3 aromatic rings. The lowest BCUT2D eigenvalue weighted by Gasteiger charge is -2.07. The van der Waals surface area contributed by atoms with Crippen molar-refractivity contribution in [3.63, 3.8) is 0 Å². The maximum absolute atomic E-state index is 5.68. The molecule has 5 heteroatoms. The van der Waals surface area contributed by atoms with Crippen molar-refractivity contribution in [3.05, 3.63) is 54.7 Å². The first kappa shape index (κ1) is 11.4. The molecule has 0 aliphatic rings. The summed E-state index contributed by atoms with van der Waals surface area (Å²) in [7, 11) is 0. The first-order valence-electron chi connectivity index (χ1n) is 5.81. The SMILES string of the molecule is NNc1cccc(Oc2ccc3cccnc3c2)n1. The van der Waals surface area contributed by atoms with Crippen molar-refractivity contribution < 1.29 is 4.74 Å². The molecule has 0 spiro atoms. The number of anilines is 1. The van der Waals surface area contributed by atoms with Gasteiger partial charge in [0.15, 0.2) is 0 Å². The molecule has 3 rings (SSSR count). The zero-order chi connectivity index (χ0) is 13.1. The molecule has 19 heavy (non-hydrogen) atoms. The fourth-order valence-electron chi connectivity index (χ4n) is 1.78. The van der Waals surface area contributed by atoms with E-state index in [0.717, 1.165) is 10.9 Å². The van der Waals surface area contributed by atoms with Gasteiger partial charge in [-0.3, -0.25) is 4.98 Å². The molecule has 0 fully saturated rings. The van der Waals surface area contributed by atoms with Gasteiger partial charge in [0, 0.05) is 23.7 Å². The Balaban J connectivity index is 1.92. The van der Waals surface area contributed by atoms with Gasteiger partial charge in [0.05, 0.1) is 5.52 Å². The summed E-state index contributed by atoms with van der Waals surface area (Å²) in [6, 6.07) is 15.0. The van der Waals surface area contributed by atoms with Crippen molar-refractivity contribution >= 4 is 16.7 Å². The minimum Gasteiger partial charge on any atom is -0.439 e. The normalized spacial score (nSPS) is 10.4. The lowest BCUT2D eigenvalue weighted by Crippen LogP contribution is -2.08. The Bertz CT molecular complexity index is 714. The van der Waals surface area contributed by atoms with Crippen LogP contribution in [-0.2, 0) is 0 Å². The summed E-state index contributed by atoms with van der Waals surface area (Å²) in [5.74, 6) is 7.03. The molecule has 0 unspecified atom stereocenters. The smallest absolute Gasteiger partial charge is 0.221 e. The number of nitrogens with two attached hydrogens (primary N) is 1. The Morgan fingerprint density at radius 3 is 2.89 bits per heavy atom. The number of ether oxygens (including phenoxy) is 1. The van der Waals surface area contributed by atoms with Crippen molar-refractivity contribution in [1.82, 2.24) is 9.97 Å². The quantitative estimate of drug-likeness (QED) is 0.554. The first-order chi connectivity index (χ1) is 9.35. The number of rotatable bonds is 3. The van der Waals surface area contributed by atoms with E-state index in [4.69, 9.17) is 10.6 Å². The zero-order valence-corrected chi connectivity index (χ0v) is 10.1. The van der Waals surface area contributed by atoms with Gasteiger partial charge in [-0.05, 0) is 24.3 Å². The Kier molecular flexibility index (Phi) is 2.96. The second kappa shape index (κ2) is 4.91. The number of nitrogens with zero attached hydrogens (tertiary/aromatic N) is 2. The highest BCUT2D eigenvalue weighted by Crippen LogP contribution is 2.24. The summed E-state index contributed by atoms with van der Waals surface area (Å²) in [6.45, 7) is 0. The van der Waals surface area contributed by atoms with Crippen LogP contribution in [0.5, 0.6) is 11.6 Å². The Hall–Kier alpha value is -2.66.